The largest absolute Gasteiger partial charge is 0.264 e. The molecule has 0 aromatic carbocycles. The van der Waals surface area contributed by atoms with Crippen molar-refractivity contribution in [2.45, 2.75) is 17.2 Å². The van der Waals surface area contributed by atoms with Crippen molar-refractivity contribution in [3.8, 4) is 0 Å². The van der Waals surface area contributed by atoms with Gasteiger partial charge in [0.05, 0.1) is 8.81 Å². The first kappa shape index (κ1) is 14.9. The van der Waals surface area contributed by atoms with Crippen molar-refractivity contribution in [1.29, 1.82) is 0 Å². The second-order valence-corrected chi connectivity index (χ2v) is 8.53. The molecule has 102 valence electrons. The molecule has 0 bridgehead atoms. The molecule has 0 spiro atoms. The zero-order valence-electron chi connectivity index (χ0n) is 9.80. The van der Waals surface area contributed by atoms with Crippen molar-refractivity contribution in [2.24, 2.45) is 0 Å². The molecule has 2 aromatic heterocycles. The van der Waals surface area contributed by atoms with Gasteiger partial charge in [-0.1, -0.05) is 17.7 Å². The van der Waals surface area contributed by atoms with Gasteiger partial charge in [0, 0.05) is 18.4 Å². The zero-order chi connectivity index (χ0) is 14.0. The van der Waals surface area contributed by atoms with E-state index in [1.807, 2.05) is 6.07 Å². The van der Waals surface area contributed by atoms with Crippen LogP contribution in [0.2, 0.25) is 5.02 Å². The van der Waals surface area contributed by atoms with Gasteiger partial charge in [0.25, 0.3) is 10.0 Å². The summed E-state index contributed by atoms with van der Waals surface area (Å²) in [7, 11) is -3.58. The third-order valence-corrected chi connectivity index (χ3v) is 6.89. The van der Waals surface area contributed by atoms with Gasteiger partial charge in [-0.05, 0) is 40.5 Å². The van der Waals surface area contributed by atoms with E-state index in [4.69, 9.17) is 11.6 Å². The van der Waals surface area contributed by atoms with Crippen molar-refractivity contribution >= 4 is 48.9 Å². The van der Waals surface area contributed by atoms with Gasteiger partial charge in [0.15, 0.2) is 0 Å². The van der Waals surface area contributed by atoms with Crippen LogP contribution in [-0.4, -0.2) is 13.4 Å². The Morgan fingerprint density at radius 2 is 2.26 bits per heavy atom. The van der Waals surface area contributed by atoms with E-state index in [0.29, 0.717) is 8.81 Å². The highest BCUT2D eigenvalue weighted by Crippen LogP contribution is 2.34. The van der Waals surface area contributed by atoms with E-state index < -0.39 is 10.0 Å². The maximum atomic E-state index is 12.2. The standard InChI is InChI=1S/C11H10BrClN2O2S2/c1-7(8-3-2-4-14-6-8)15-19(16,17)10-5-9(13)11(12)18-10/h2-7,15H,1H3. The van der Waals surface area contributed by atoms with Crippen molar-refractivity contribution < 1.29 is 8.42 Å². The first-order chi connectivity index (χ1) is 8.90. The third-order valence-electron chi connectivity index (χ3n) is 2.40. The van der Waals surface area contributed by atoms with Crippen LogP contribution >= 0.6 is 38.9 Å². The summed E-state index contributed by atoms with van der Waals surface area (Å²) in [6.07, 6.45) is 3.27. The summed E-state index contributed by atoms with van der Waals surface area (Å²) >= 11 is 10.1. The van der Waals surface area contributed by atoms with Gasteiger partial charge in [-0.2, -0.15) is 0 Å². The van der Waals surface area contributed by atoms with Crippen LogP contribution in [0.5, 0.6) is 0 Å². The van der Waals surface area contributed by atoms with Gasteiger partial charge in [0.1, 0.15) is 4.21 Å². The number of nitrogens with zero attached hydrogens (tertiary/aromatic N) is 1. The van der Waals surface area contributed by atoms with Crippen LogP contribution in [0.15, 0.2) is 38.6 Å². The zero-order valence-corrected chi connectivity index (χ0v) is 13.8. The highest BCUT2D eigenvalue weighted by Gasteiger charge is 2.21. The van der Waals surface area contributed by atoms with Crippen LogP contribution in [0, 0.1) is 0 Å². The van der Waals surface area contributed by atoms with E-state index in [-0.39, 0.29) is 10.3 Å². The Morgan fingerprint density at radius 1 is 1.53 bits per heavy atom. The number of pyridine rings is 1. The fourth-order valence-electron chi connectivity index (χ4n) is 1.45. The normalized spacial score (nSPS) is 13.4. The molecule has 1 unspecified atom stereocenters. The number of thiophene rings is 1. The smallest absolute Gasteiger partial charge is 0.250 e. The lowest BCUT2D eigenvalue weighted by Crippen LogP contribution is -2.26. The van der Waals surface area contributed by atoms with E-state index in [2.05, 4.69) is 25.6 Å². The molecule has 8 heteroatoms. The highest BCUT2D eigenvalue weighted by atomic mass is 79.9. The number of sulfonamides is 1. The molecule has 0 saturated heterocycles. The second kappa shape index (κ2) is 5.88. The summed E-state index contributed by atoms with van der Waals surface area (Å²) < 4.78 is 27.7. The molecule has 19 heavy (non-hydrogen) atoms. The first-order valence-electron chi connectivity index (χ1n) is 5.27. The lowest BCUT2D eigenvalue weighted by atomic mass is 10.2. The van der Waals surface area contributed by atoms with Crippen LogP contribution < -0.4 is 4.72 Å². The minimum Gasteiger partial charge on any atom is -0.264 e. The fraction of sp³-hybridized carbons (Fsp3) is 0.182. The first-order valence-corrected chi connectivity index (χ1v) is 8.74. The molecule has 0 aliphatic heterocycles. The Kier molecular flexibility index (Phi) is 4.62. The molecular weight excluding hydrogens is 372 g/mol. The minimum atomic E-state index is -3.58. The lowest BCUT2D eigenvalue weighted by molar-refractivity contribution is 0.568. The number of hydrogen-bond donors (Lipinski definition) is 1. The Labute approximate surface area is 129 Å². The summed E-state index contributed by atoms with van der Waals surface area (Å²) in [5.41, 5.74) is 0.799. The van der Waals surface area contributed by atoms with E-state index >= 15 is 0 Å². The Hall–Kier alpha value is -0.470. The molecule has 2 aromatic rings. The van der Waals surface area contributed by atoms with Gasteiger partial charge in [-0.25, -0.2) is 13.1 Å². The van der Waals surface area contributed by atoms with Crippen molar-refractivity contribution in [3.63, 3.8) is 0 Å². The molecule has 1 atom stereocenters. The summed E-state index contributed by atoms with van der Waals surface area (Å²) in [5, 5.41) is 0.388. The van der Waals surface area contributed by atoms with Gasteiger partial charge in [-0.3, -0.25) is 4.98 Å². The maximum Gasteiger partial charge on any atom is 0.250 e. The summed E-state index contributed by atoms with van der Waals surface area (Å²) in [5.74, 6) is 0. The molecule has 2 rings (SSSR count). The van der Waals surface area contributed by atoms with E-state index in [1.54, 1.807) is 25.4 Å². The van der Waals surface area contributed by atoms with Gasteiger partial charge in [-0.15, -0.1) is 11.3 Å². The predicted octanol–water partition coefficient (Wildman–Crippen LogP) is 3.60. The highest BCUT2D eigenvalue weighted by molar-refractivity contribution is 9.11. The van der Waals surface area contributed by atoms with Crippen molar-refractivity contribution in [3.05, 3.63) is 45.0 Å². The van der Waals surface area contributed by atoms with Crippen LogP contribution in [0.1, 0.15) is 18.5 Å². The Balaban J connectivity index is 2.22. The van der Waals surface area contributed by atoms with Crippen LogP contribution in [-0.2, 0) is 10.0 Å². The van der Waals surface area contributed by atoms with E-state index in [9.17, 15) is 8.42 Å². The van der Waals surface area contributed by atoms with Gasteiger partial charge < -0.3 is 0 Å². The molecule has 0 aliphatic rings. The van der Waals surface area contributed by atoms with Crippen molar-refractivity contribution in [2.75, 3.05) is 0 Å². The Bertz CT molecular complexity index is 654. The molecule has 2 heterocycles. The Morgan fingerprint density at radius 3 is 2.79 bits per heavy atom. The average Bonchev–Trinajstić information content (AvgIpc) is 2.71. The SMILES string of the molecule is CC(NS(=O)(=O)c1cc(Cl)c(Br)s1)c1cccnc1. The van der Waals surface area contributed by atoms with Crippen LogP contribution in [0.3, 0.4) is 0 Å². The van der Waals surface area contributed by atoms with Crippen LogP contribution in [0.4, 0.5) is 0 Å². The van der Waals surface area contributed by atoms with Gasteiger partial charge >= 0.3 is 0 Å². The molecular formula is C11H10BrClN2O2S2. The number of nitrogens with one attached hydrogen (secondary N) is 1. The topological polar surface area (TPSA) is 59.1 Å². The number of aromatic nitrogens is 1. The number of halogens is 2. The third kappa shape index (κ3) is 3.55. The molecule has 0 amide bonds. The number of hydrogen-bond acceptors (Lipinski definition) is 4. The molecule has 0 saturated carbocycles. The maximum absolute atomic E-state index is 12.2. The van der Waals surface area contributed by atoms with E-state index in [1.165, 1.54) is 6.07 Å². The van der Waals surface area contributed by atoms with Crippen LogP contribution in [0.25, 0.3) is 0 Å². The average molecular weight is 382 g/mol. The summed E-state index contributed by atoms with van der Waals surface area (Å²) in [6.45, 7) is 1.76. The lowest BCUT2D eigenvalue weighted by Gasteiger charge is -2.13. The molecule has 0 aliphatic carbocycles. The molecule has 4 nitrogen and oxygen atoms in total. The summed E-state index contributed by atoms with van der Waals surface area (Å²) in [4.78, 5) is 3.97. The quantitative estimate of drug-likeness (QED) is 0.880. The minimum absolute atomic E-state index is 0.181. The molecule has 1 N–H and O–H groups in total. The molecule has 0 fully saturated rings. The fourth-order valence-corrected chi connectivity index (χ4v) is 5.10. The predicted molar refractivity (Wildman–Crippen MR) is 80.0 cm³/mol. The van der Waals surface area contributed by atoms with Gasteiger partial charge in [0.2, 0.25) is 0 Å². The van der Waals surface area contributed by atoms with Crippen molar-refractivity contribution in [1.82, 2.24) is 9.71 Å². The monoisotopic (exact) mass is 380 g/mol. The second-order valence-electron chi connectivity index (χ2n) is 3.82. The number of rotatable bonds is 4. The summed E-state index contributed by atoms with van der Waals surface area (Å²) in [6, 6.07) is 4.64. The molecule has 0 radical (unpaired) electrons. The van der Waals surface area contributed by atoms with E-state index in [0.717, 1.165) is 16.9 Å².